The first kappa shape index (κ1) is 19.9. The molecule has 1 aliphatic rings. The summed E-state index contributed by atoms with van der Waals surface area (Å²) in [5, 5.41) is 5.85. The number of benzene rings is 2. The standard InChI is InChI=1S/C22H25FN2O3/c23-17-5-3-8-20(15-17)28-14-4-9-21(26)24-19-12-10-16(11-13-19)22(27)25-18-6-1-2-7-18/h3,5,8,10-13,15,18H,1-2,4,6-7,9,14H2,(H,24,26)(H,25,27). The zero-order chi connectivity index (χ0) is 19.8. The van der Waals surface area contributed by atoms with Gasteiger partial charge >= 0.3 is 0 Å². The summed E-state index contributed by atoms with van der Waals surface area (Å²) in [4.78, 5) is 24.2. The minimum Gasteiger partial charge on any atom is -0.493 e. The predicted octanol–water partition coefficient (Wildman–Crippen LogP) is 4.30. The monoisotopic (exact) mass is 384 g/mol. The number of halogens is 1. The number of hydrogen-bond acceptors (Lipinski definition) is 3. The average molecular weight is 384 g/mol. The van der Waals surface area contributed by atoms with Crippen molar-refractivity contribution in [3.63, 3.8) is 0 Å². The molecule has 0 atom stereocenters. The lowest BCUT2D eigenvalue weighted by molar-refractivity contribution is -0.116. The fourth-order valence-corrected chi connectivity index (χ4v) is 3.25. The van der Waals surface area contributed by atoms with Gasteiger partial charge in [0.25, 0.3) is 5.91 Å². The van der Waals surface area contributed by atoms with Gasteiger partial charge in [-0.15, -0.1) is 0 Å². The summed E-state index contributed by atoms with van der Waals surface area (Å²) in [6.07, 6.45) is 5.24. The van der Waals surface area contributed by atoms with Gasteiger partial charge in [-0.1, -0.05) is 18.9 Å². The molecule has 2 aromatic carbocycles. The SMILES string of the molecule is O=C(CCCOc1cccc(F)c1)Nc1ccc(C(=O)NC2CCCC2)cc1. The Bertz CT molecular complexity index is 802. The number of rotatable bonds is 8. The van der Waals surface area contributed by atoms with Gasteiger partial charge in [0.05, 0.1) is 6.61 Å². The first-order valence-corrected chi connectivity index (χ1v) is 9.69. The van der Waals surface area contributed by atoms with Crippen LogP contribution in [0.1, 0.15) is 48.9 Å². The van der Waals surface area contributed by atoms with Gasteiger partial charge in [-0.3, -0.25) is 9.59 Å². The van der Waals surface area contributed by atoms with E-state index in [2.05, 4.69) is 10.6 Å². The van der Waals surface area contributed by atoms with Crippen LogP contribution in [0.5, 0.6) is 5.75 Å². The second-order valence-electron chi connectivity index (χ2n) is 6.99. The summed E-state index contributed by atoms with van der Waals surface area (Å²) in [6.45, 7) is 0.331. The number of carbonyl (C=O) groups excluding carboxylic acids is 2. The van der Waals surface area contributed by atoms with Crippen LogP contribution in [-0.2, 0) is 4.79 Å². The Kier molecular flexibility index (Phi) is 7.00. The van der Waals surface area contributed by atoms with E-state index in [1.165, 1.54) is 25.0 Å². The Morgan fingerprint density at radius 3 is 2.54 bits per heavy atom. The van der Waals surface area contributed by atoms with Gasteiger partial charge in [0, 0.05) is 29.8 Å². The first-order valence-electron chi connectivity index (χ1n) is 9.69. The van der Waals surface area contributed by atoms with E-state index in [1.807, 2.05) is 0 Å². The molecule has 6 heteroatoms. The third-order valence-electron chi connectivity index (χ3n) is 4.73. The summed E-state index contributed by atoms with van der Waals surface area (Å²) in [6, 6.07) is 13.1. The van der Waals surface area contributed by atoms with Gasteiger partial charge < -0.3 is 15.4 Å². The Morgan fingerprint density at radius 1 is 1.07 bits per heavy atom. The fraction of sp³-hybridized carbons (Fsp3) is 0.364. The summed E-state index contributed by atoms with van der Waals surface area (Å²) in [7, 11) is 0. The van der Waals surface area contributed by atoms with E-state index in [0.717, 1.165) is 12.8 Å². The van der Waals surface area contributed by atoms with E-state index < -0.39 is 0 Å². The van der Waals surface area contributed by atoms with E-state index in [1.54, 1.807) is 36.4 Å². The van der Waals surface area contributed by atoms with Crippen molar-refractivity contribution in [1.29, 1.82) is 0 Å². The van der Waals surface area contributed by atoms with Crippen LogP contribution < -0.4 is 15.4 Å². The number of ether oxygens (including phenoxy) is 1. The lowest BCUT2D eigenvalue weighted by Crippen LogP contribution is -2.32. The molecular formula is C22H25FN2O3. The molecular weight excluding hydrogens is 359 g/mol. The van der Waals surface area contributed by atoms with Crippen molar-refractivity contribution < 1.29 is 18.7 Å². The highest BCUT2D eigenvalue weighted by Gasteiger charge is 2.17. The molecule has 0 aliphatic heterocycles. The normalized spacial score (nSPS) is 13.9. The van der Waals surface area contributed by atoms with Crippen molar-refractivity contribution in [3.05, 3.63) is 59.9 Å². The molecule has 1 saturated carbocycles. The maximum Gasteiger partial charge on any atom is 0.251 e. The molecule has 0 radical (unpaired) electrons. The van der Waals surface area contributed by atoms with Crippen LogP contribution in [0.4, 0.5) is 10.1 Å². The molecule has 0 bridgehead atoms. The molecule has 2 aromatic rings. The Labute approximate surface area is 164 Å². The van der Waals surface area contributed by atoms with Gasteiger partial charge in [-0.2, -0.15) is 0 Å². The van der Waals surface area contributed by atoms with Crippen LogP contribution in [0, 0.1) is 5.82 Å². The van der Waals surface area contributed by atoms with Crippen molar-refractivity contribution in [2.24, 2.45) is 0 Å². The Hall–Kier alpha value is -2.89. The molecule has 5 nitrogen and oxygen atoms in total. The highest BCUT2D eigenvalue weighted by Crippen LogP contribution is 2.18. The van der Waals surface area contributed by atoms with Crippen molar-refractivity contribution in [3.8, 4) is 5.75 Å². The van der Waals surface area contributed by atoms with Crippen LogP contribution in [0.25, 0.3) is 0 Å². The van der Waals surface area contributed by atoms with Crippen LogP contribution >= 0.6 is 0 Å². The molecule has 0 aromatic heterocycles. The third kappa shape index (κ3) is 6.08. The molecule has 2 amide bonds. The lowest BCUT2D eigenvalue weighted by Gasteiger charge is -2.12. The second kappa shape index (κ2) is 9.88. The smallest absolute Gasteiger partial charge is 0.251 e. The Morgan fingerprint density at radius 2 is 1.82 bits per heavy atom. The first-order chi connectivity index (χ1) is 13.6. The summed E-state index contributed by atoms with van der Waals surface area (Å²) >= 11 is 0. The minimum atomic E-state index is -0.351. The molecule has 1 aliphatic carbocycles. The number of nitrogens with one attached hydrogen (secondary N) is 2. The topological polar surface area (TPSA) is 67.4 Å². The van der Waals surface area contributed by atoms with E-state index >= 15 is 0 Å². The molecule has 0 saturated heterocycles. The van der Waals surface area contributed by atoms with E-state index in [-0.39, 0.29) is 23.7 Å². The van der Waals surface area contributed by atoms with Crippen LogP contribution in [-0.4, -0.2) is 24.5 Å². The van der Waals surface area contributed by atoms with E-state index in [9.17, 15) is 14.0 Å². The maximum absolute atomic E-state index is 13.1. The highest BCUT2D eigenvalue weighted by atomic mass is 19.1. The quantitative estimate of drug-likeness (QED) is 0.667. The summed E-state index contributed by atoms with van der Waals surface area (Å²) < 4.78 is 18.5. The van der Waals surface area contributed by atoms with Gasteiger partial charge in [0.2, 0.25) is 5.91 Å². The molecule has 28 heavy (non-hydrogen) atoms. The number of hydrogen-bond donors (Lipinski definition) is 2. The van der Waals surface area contributed by atoms with E-state index in [0.29, 0.717) is 36.4 Å². The molecule has 0 heterocycles. The highest BCUT2D eigenvalue weighted by molar-refractivity contribution is 5.96. The van der Waals surface area contributed by atoms with Gasteiger partial charge in [0.1, 0.15) is 11.6 Å². The van der Waals surface area contributed by atoms with Crippen LogP contribution in [0.15, 0.2) is 48.5 Å². The molecule has 0 spiro atoms. The predicted molar refractivity (Wildman–Crippen MR) is 106 cm³/mol. The van der Waals surface area contributed by atoms with Crippen molar-refractivity contribution in [1.82, 2.24) is 5.32 Å². The number of carbonyl (C=O) groups is 2. The number of amides is 2. The summed E-state index contributed by atoms with van der Waals surface area (Å²) in [5.41, 5.74) is 1.24. The third-order valence-corrected chi connectivity index (χ3v) is 4.73. The zero-order valence-electron chi connectivity index (χ0n) is 15.7. The summed E-state index contributed by atoms with van der Waals surface area (Å²) in [5.74, 6) is -0.104. The van der Waals surface area contributed by atoms with Crippen molar-refractivity contribution >= 4 is 17.5 Å². The maximum atomic E-state index is 13.1. The van der Waals surface area contributed by atoms with Crippen molar-refractivity contribution in [2.45, 2.75) is 44.6 Å². The molecule has 148 valence electrons. The van der Waals surface area contributed by atoms with Crippen LogP contribution in [0.2, 0.25) is 0 Å². The molecule has 3 rings (SSSR count). The van der Waals surface area contributed by atoms with Gasteiger partial charge in [0.15, 0.2) is 0 Å². The van der Waals surface area contributed by atoms with Crippen LogP contribution in [0.3, 0.4) is 0 Å². The zero-order valence-corrected chi connectivity index (χ0v) is 15.7. The molecule has 1 fully saturated rings. The van der Waals surface area contributed by atoms with Crippen molar-refractivity contribution in [2.75, 3.05) is 11.9 Å². The van der Waals surface area contributed by atoms with Gasteiger partial charge in [-0.05, 0) is 55.7 Å². The number of anilines is 1. The second-order valence-corrected chi connectivity index (χ2v) is 6.99. The Balaban J connectivity index is 1.38. The largest absolute Gasteiger partial charge is 0.493 e. The van der Waals surface area contributed by atoms with Gasteiger partial charge in [-0.25, -0.2) is 4.39 Å². The minimum absolute atomic E-state index is 0.0701. The average Bonchev–Trinajstić information content (AvgIpc) is 3.19. The fourth-order valence-electron chi connectivity index (χ4n) is 3.25. The molecule has 0 unspecified atom stereocenters. The lowest BCUT2D eigenvalue weighted by atomic mass is 10.1. The van der Waals surface area contributed by atoms with E-state index in [4.69, 9.17) is 4.74 Å². The molecule has 2 N–H and O–H groups in total.